The topological polar surface area (TPSA) is 43.1 Å². The number of hydrogen-bond donors (Lipinski definition) is 1. The average molecular weight is 217 g/mol. The Balaban J connectivity index is 2.88. The van der Waals surface area contributed by atoms with Gasteiger partial charge in [0.25, 0.3) is 0 Å². The Morgan fingerprint density at radius 1 is 1.07 bits per heavy atom. The summed E-state index contributed by atoms with van der Waals surface area (Å²) < 4.78 is 0. The summed E-state index contributed by atoms with van der Waals surface area (Å²) in [6.07, 6.45) is 9.31. The maximum Gasteiger partial charge on any atom is 0.227 e. The van der Waals surface area contributed by atoms with Gasteiger partial charge < -0.3 is 5.73 Å². The second kappa shape index (κ2) is 10.9. The summed E-state index contributed by atoms with van der Waals surface area (Å²) in [6.45, 7) is 2.24. The molecule has 0 bridgehead atoms. The van der Waals surface area contributed by atoms with E-state index in [4.69, 9.17) is 5.73 Å². The van der Waals surface area contributed by atoms with Crippen LogP contribution in [0.2, 0.25) is 0 Å². The highest BCUT2D eigenvalue weighted by molar-refractivity contribution is 7.99. The first-order chi connectivity index (χ1) is 6.77. The second-order valence-electron chi connectivity index (χ2n) is 3.64. The molecule has 0 aromatic carbocycles. The summed E-state index contributed by atoms with van der Waals surface area (Å²) in [5.74, 6) is 1.37. The second-order valence-corrected chi connectivity index (χ2v) is 4.75. The van der Waals surface area contributed by atoms with Gasteiger partial charge in [-0.2, -0.15) is 11.8 Å². The monoisotopic (exact) mass is 217 g/mol. The molecule has 0 aliphatic carbocycles. The zero-order valence-electron chi connectivity index (χ0n) is 9.26. The van der Waals surface area contributed by atoms with Gasteiger partial charge in [-0.3, -0.25) is 4.79 Å². The maximum absolute atomic E-state index is 10.4. The largest absolute Gasteiger partial charge is 0.369 e. The molecule has 3 heteroatoms. The number of amides is 1. The van der Waals surface area contributed by atoms with E-state index in [-0.39, 0.29) is 5.91 Å². The van der Waals surface area contributed by atoms with Crippen molar-refractivity contribution in [3.05, 3.63) is 0 Å². The third kappa shape index (κ3) is 11.8. The normalized spacial score (nSPS) is 10.4. The highest BCUT2D eigenvalue weighted by Crippen LogP contribution is 2.09. The van der Waals surface area contributed by atoms with Crippen LogP contribution in [0.1, 0.15) is 51.9 Å². The predicted octanol–water partition coefficient (Wildman–Crippen LogP) is 2.96. The molecule has 0 aromatic heterocycles. The molecule has 0 unspecified atom stereocenters. The summed E-state index contributed by atoms with van der Waals surface area (Å²) in [6, 6.07) is 0. The Morgan fingerprint density at radius 3 is 2.21 bits per heavy atom. The summed E-state index contributed by atoms with van der Waals surface area (Å²) in [5, 5.41) is 0. The Bertz CT molecular complexity index is 139. The van der Waals surface area contributed by atoms with Gasteiger partial charge in [0.15, 0.2) is 0 Å². The molecule has 0 spiro atoms. The minimum Gasteiger partial charge on any atom is -0.369 e. The molecule has 0 heterocycles. The minimum atomic E-state index is -0.196. The number of rotatable bonds is 10. The molecule has 0 fully saturated rings. The van der Waals surface area contributed by atoms with Gasteiger partial charge >= 0.3 is 0 Å². The van der Waals surface area contributed by atoms with E-state index in [1.165, 1.54) is 44.9 Å². The molecule has 0 rings (SSSR count). The number of primary amides is 1. The fraction of sp³-hybridized carbons (Fsp3) is 0.909. The van der Waals surface area contributed by atoms with Crippen LogP contribution in [0.4, 0.5) is 0 Å². The van der Waals surface area contributed by atoms with Crippen LogP contribution in [-0.2, 0) is 4.79 Å². The van der Waals surface area contributed by atoms with Gasteiger partial charge in [-0.05, 0) is 12.2 Å². The number of carbonyl (C=O) groups excluding carboxylic acids is 1. The zero-order valence-corrected chi connectivity index (χ0v) is 10.1. The summed E-state index contributed by atoms with van der Waals surface area (Å²) in [4.78, 5) is 10.4. The summed E-state index contributed by atoms with van der Waals surface area (Å²) in [5.41, 5.74) is 5.03. The first-order valence-corrected chi connectivity index (χ1v) is 6.79. The number of unbranched alkanes of at least 4 members (excludes halogenated alkanes) is 6. The molecule has 0 aromatic rings. The first kappa shape index (κ1) is 13.8. The molecule has 0 saturated carbocycles. The van der Waals surface area contributed by atoms with E-state index in [0.717, 1.165) is 5.75 Å². The Labute approximate surface area is 92.0 Å². The highest BCUT2D eigenvalue weighted by Gasteiger charge is 1.94. The van der Waals surface area contributed by atoms with Crippen LogP contribution in [-0.4, -0.2) is 17.4 Å². The van der Waals surface area contributed by atoms with Crippen LogP contribution in [0.15, 0.2) is 0 Å². The standard InChI is InChI=1S/C11H23NOS/c1-2-3-4-5-6-7-8-9-14-10-11(12)13/h2-10H2,1H3,(H2,12,13). The van der Waals surface area contributed by atoms with Gasteiger partial charge in [-0.15, -0.1) is 0 Å². The van der Waals surface area contributed by atoms with Crippen molar-refractivity contribution < 1.29 is 4.79 Å². The lowest BCUT2D eigenvalue weighted by Gasteiger charge is -2.00. The van der Waals surface area contributed by atoms with Crippen LogP contribution >= 0.6 is 11.8 Å². The van der Waals surface area contributed by atoms with Crippen molar-refractivity contribution in [2.45, 2.75) is 51.9 Å². The van der Waals surface area contributed by atoms with Crippen molar-refractivity contribution in [1.29, 1.82) is 0 Å². The lowest BCUT2D eigenvalue weighted by atomic mass is 10.1. The van der Waals surface area contributed by atoms with E-state index in [1.807, 2.05) is 0 Å². The molecule has 0 aliphatic heterocycles. The highest BCUT2D eigenvalue weighted by atomic mass is 32.2. The van der Waals surface area contributed by atoms with Crippen molar-refractivity contribution >= 4 is 17.7 Å². The lowest BCUT2D eigenvalue weighted by Crippen LogP contribution is -2.13. The summed E-state index contributed by atoms with van der Waals surface area (Å²) >= 11 is 1.66. The molecular formula is C11H23NOS. The predicted molar refractivity (Wildman–Crippen MR) is 64.5 cm³/mol. The van der Waals surface area contributed by atoms with Crippen LogP contribution in [0.25, 0.3) is 0 Å². The smallest absolute Gasteiger partial charge is 0.227 e. The number of hydrogen-bond acceptors (Lipinski definition) is 2. The molecule has 0 aliphatic rings. The van der Waals surface area contributed by atoms with Crippen molar-refractivity contribution in [2.24, 2.45) is 5.73 Å². The van der Waals surface area contributed by atoms with E-state index >= 15 is 0 Å². The van der Waals surface area contributed by atoms with Crippen molar-refractivity contribution in [1.82, 2.24) is 0 Å². The maximum atomic E-state index is 10.4. The van der Waals surface area contributed by atoms with Gasteiger partial charge in [-0.1, -0.05) is 45.4 Å². The van der Waals surface area contributed by atoms with Crippen LogP contribution in [0.5, 0.6) is 0 Å². The molecular weight excluding hydrogens is 194 g/mol. The molecule has 84 valence electrons. The molecule has 1 amide bonds. The molecule has 2 nitrogen and oxygen atoms in total. The number of thioether (sulfide) groups is 1. The molecule has 0 atom stereocenters. The minimum absolute atomic E-state index is 0.196. The van der Waals surface area contributed by atoms with Crippen LogP contribution in [0, 0.1) is 0 Å². The van der Waals surface area contributed by atoms with Crippen molar-refractivity contribution in [3.8, 4) is 0 Å². The van der Waals surface area contributed by atoms with Gasteiger partial charge in [0.2, 0.25) is 5.91 Å². The zero-order chi connectivity index (χ0) is 10.6. The van der Waals surface area contributed by atoms with Gasteiger partial charge in [0, 0.05) is 0 Å². The van der Waals surface area contributed by atoms with Gasteiger partial charge in [0.05, 0.1) is 5.75 Å². The average Bonchev–Trinajstić information content (AvgIpc) is 2.15. The van der Waals surface area contributed by atoms with Crippen LogP contribution in [0.3, 0.4) is 0 Å². The quantitative estimate of drug-likeness (QED) is 0.572. The number of nitrogens with two attached hydrogens (primary N) is 1. The van der Waals surface area contributed by atoms with E-state index in [9.17, 15) is 4.79 Å². The van der Waals surface area contributed by atoms with Crippen LogP contribution < -0.4 is 5.73 Å². The third-order valence-corrected chi connectivity index (χ3v) is 3.20. The van der Waals surface area contributed by atoms with E-state index in [0.29, 0.717) is 5.75 Å². The Hall–Kier alpha value is -0.180. The SMILES string of the molecule is CCCCCCCCCSCC(N)=O. The summed E-state index contributed by atoms with van der Waals surface area (Å²) in [7, 11) is 0. The third-order valence-electron chi connectivity index (χ3n) is 2.14. The molecule has 0 radical (unpaired) electrons. The molecule has 2 N–H and O–H groups in total. The van der Waals surface area contributed by atoms with E-state index < -0.39 is 0 Å². The van der Waals surface area contributed by atoms with E-state index in [2.05, 4.69) is 6.92 Å². The first-order valence-electron chi connectivity index (χ1n) is 5.63. The van der Waals surface area contributed by atoms with Crippen molar-refractivity contribution in [2.75, 3.05) is 11.5 Å². The number of carbonyl (C=O) groups is 1. The molecule has 0 saturated heterocycles. The lowest BCUT2D eigenvalue weighted by molar-refractivity contribution is -0.115. The fourth-order valence-corrected chi connectivity index (χ4v) is 2.09. The van der Waals surface area contributed by atoms with E-state index in [1.54, 1.807) is 11.8 Å². The molecule has 14 heavy (non-hydrogen) atoms. The van der Waals surface area contributed by atoms with Gasteiger partial charge in [-0.25, -0.2) is 0 Å². The Kier molecular flexibility index (Phi) is 10.8. The van der Waals surface area contributed by atoms with Gasteiger partial charge in [0.1, 0.15) is 0 Å². The fourth-order valence-electron chi connectivity index (χ4n) is 1.33. The Morgan fingerprint density at radius 2 is 1.64 bits per heavy atom. The van der Waals surface area contributed by atoms with Crippen molar-refractivity contribution in [3.63, 3.8) is 0 Å².